The van der Waals surface area contributed by atoms with Crippen LogP contribution in [-0.4, -0.2) is 68.1 Å². The Labute approximate surface area is 851 Å². The van der Waals surface area contributed by atoms with Crippen LogP contribution in [0.5, 0.6) is 0 Å². The smallest absolute Gasteiger partial charge is 0.238 e. The first-order valence-corrected chi connectivity index (χ1v) is 49.7. The van der Waals surface area contributed by atoms with Gasteiger partial charge in [-0.15, -0.1) is 0 Å². The number of aromatic nitrogens is 14. The molecule has 28 aromatic rings. The highest BCUT2D eigenvalue weighted by atomic mass is 15.2. The molecule has 0 bridgehead atoms. The highest BCUT2D eigenvalue weighted by molar-refractivity contribution is 6.17. The van der Waals surface area contributed by atoms with Crippen LogP contribution in [0.3, 0.4) is 0 Å². The van der Waals surface area contributed by atoms with E-state index in [2.05, 4.69) is 431 Å². The molecule has 14 nitrogen and oxygen atoms in total. The molecule has 690 valence electrons. The van der Waals surface area contributed by atoms with Crippen molar-refractivity contribution in [3.8, 4) is 192 Å². The van der Waals surface area contributed by atoms with Gasteiger partial charge in [0.1, 0.15) is 0 Å². The molecule has 8 heterocycles. The van der Waals surface area contributed by atoms with Gasteiger partial charge in [-0.1, -0.05) is 388 Å². The Hall–Kier alpha value is -20.2. The summed E-state index contributed by atoms with van der Waals surface area (Å²) in [6.45, 7) is 0. The second-order valence-corrected chi connectivity index (χ2v) is 37.5. The lowest BCUT2D eigenvalue weighted by atomic mass is 9.98. The van der Waals surface area contributed by atoms with Gasteiger partial charge in [-0.05, 0) is 199 Å². The van der Waals surface area contributed by atoms with E-state index in [-0.39, 0.29) is 0 Å². The topological polar surface area (TPSA) is 149 Å². The maximum absolute atomic E-state index is 5.72. The van der Waals surface area contributed by atoms with Crippen LogP contribution in [0.25, 0.3) is 279 Å². The molecule has 0 unspecified atom stereocenters. The van der Waals surface area contributed by atoms with Crippen molar-refractivity contribution in [2.75, 3.05) is 0 Å². The summed E-state index contributed by atoms with van der Waals surface area (Å²) in [6, 6.07) is 180. The van der Waals surface area contributed by atoms with Crippen LogP contribution in [0.4, 0.5) is 0 Å². The molecule has 20 aromatic carbocycles. The van der Waals surface area contributed by atoms with Gasteiger partial charge in [-0.2, -0.15) is 19.9 Å². The van der Waals surface area contributed by atoms with Crippen molar-refractivity contribution in [1.29, 1.82) is 0 Å². The van der Waals surface area contributed by atoms with Crippen LogP contribution in [0, 0.1) is 0 Å². The zero-order valence-electron chi connectivity index (χ0n) is 79.8. The average Bonchev–Trinajstić information content (AvgIpc) is 1.58. The Kier molecular flexibility index (Phi) is 20.9. The first kappa shape index (κ1) is 85.7. The van der Waals surface area contributed by atoms with Crippen LogP contribution in [0.1, 0.15) is 0 Å². The zero-order chi connectivity index (χ0) is 97.6. The molecule has 0 aliphatic heterocycles. The predicted octanol–water partition coefficient (Wildman–Crippen LogP) is 33.0. The molecular formula is C134H84N14. The predicted molar refractivity (Wildman–Crippen MR) is 603 cm³/mol. The highest BCUT2D eigenvalue weighted by Crippen LogP contribution is 2.47. The van der Waals surface area contributed by atoms with Gasteiger partial charge < -0.3 is 0 Å². The molecule has 0 saturated heterocycles. The molecule has 8 aromatic heterocycles. The largest absolute Gasteiger partial charge is 0.278 e. The van der Waals surface area contributed by atoms with Crippen molar-refractivity contribution in [3.05, 3.63) is 510 Å². The fraction of sp³-hybridized carbons (Fsp3) is 0. The Morgan fingerprint density at radius 2 is 0.264 bits per heavy atom. The van der Waals surface area contributed by atoms with E-state index in [0.717, 1.165) is 232 Å². The van der Waals surface area contributed by atoms with Gasteiger partial charge in [0.05, 0.1) is 66.9 Å². The molecule has 14 heteroatoms. The molecule has 0 fully saturated rings. The summed E-state index contributed by atoms with van der Waals surface area (Å²) < 4.78 is 8.90. The van der Waals surface area contributed by atoms with E-state index in [0.29, 0.717) is 47.1 Å². The maximum atomic E-state index is 5.72. The molecule has 0 atom stereocenters. The van der Waals surface area contributed by atoms with Gasteiger partial charge in [-0.25, -0.2) is 29.9 Å². The van der Waals surface area contributed by atoms with Gasteiger partial charge in [0.25, 0.3) is 0 Å². The van der Waals surface area contributed by atoms with Gasteiger partial charge in [0, 0.05) is 87.6 Å². The normalized spacial score (nSPS) is 11.6. The third-order valence-corrected chi connectivity index (χ3v) is 28.5. The minimum absolute atomic E-state index is 0.477. The minimum Gasteiger partial charge on any atom is -0.278 e. The van der Waals surface area contributed by atoms with E-state index >= 15 is 0 Å². The fourth-order valence-electron chi connectivity index (χ4n) is 21.3. The molecule has 0 radical (unpaired) electrons. The molecule has 148 heavy (non-hydrogen) atoms. The summed E-state index contributed by atoms with van der Waals surface area (Å²) in [6.07, 6.45) is 0. The lowest BCUT2D eigenvalue weighted by molar-refractivity contribution is 0.953. The van der Waals surface area contributed by atoms with Gasteiger partial charge in [-0.3, -0.25) is 18.3 Å². The lowest BCUT2D eigenvalue weighted by Crippen LogP contribution is -2.06. The van der Waals surface area contributed by atoms with Crippen molar-refractivity contribution < 1.29 is 0 Å². The summed E-state index contributed by atoms with van der Waals surface area (Å²) >= 11 is 0. The van der Waals surface area contributed by atoms with Crippen LogP contribution in [0.2, 0.25) is 0 Å². The van der Waals surface area contributed by atoms with Crippen molar-refractivity contribution in [2.24, 2.45) is 0 Å². The van der Waals surface area contributed by atoms with E-state index in [1.54, 1.807) is 0 Å². The summed E-state index contributed by atoms with van der Waals surface area (Å²) in [5.41, 5.74) is 33.3. The molecular weight excluding hydrogens is 1810 g/mol. The van der Waals surface area contributed by atoms with Crippen molar-refractivity contribution >= 4 is 87.2 Å². The average molecular weight is 1890 g/mol. The third-order valence-electron chi connectivity index (χ3n) is 28.5. The number of nitrogens with zero attached hydrogens (tertiary/aromatic N) is 14. The van der Waals surface area contributed by atoms with Crippen molar-refractivity contribution in [1.82, 2.24) is 68.1 Å². The van der Waals surface area contributed by atoms with Gasteiger partial charge in [0.15, 0.2) is 23.3 Å². The summed E-state index contributed by atoms with van der Waals surface area (Å²) in [5.74, 6) is 4.34. The number of benzene rings is 20. The Bertz CT molecular complexity index is 9370. The summed E-state index contributed by atoms with van der Waals surface area (Å²) in [5, 5.41) is 8.48. The number of hydrogen-bond donors (Lipinski definition) is 0. The van der Waals surface area contributed by atoms with E-state index in [1.165, 1.54) is 0 Å². The number of rotatable bonds is 19. The molecule has 0 N–H and O–H groups in total. The molecule has 0 amide bonds. The molecule has 0 spiro atoms. The monoisotopic (exact) mass is 1890 g/mol. The van der Waals surface area contributed by atoms with Crippen LogP contribution >= 0.6 is 0 Å². The minimum atomic E-state index is 0.477. The molecule has 28 rings (SSSR count). The van der Waals surface area contributed by atoms with Crippen LogP contribution in [-0.2, 0) is 0 Å². The third kappa shape index (κ3) is 15.5. The van der Waals surface area contributed by atoms with E-state index in [9.17, 15) is 0 Å². The van der Waals surface area contributed by atoms with Crippen LogP contribution in [0.15, 0.2) is 510 Å². The maximum Gasteiger partial charge on any atom is 0.238 e. The quantitative estimate of drug-likeness (QED) is 0.0766. The summed E-state index contributed by atoms with van der Waals surface area (Å²) in [4.78, 5) is 54.5. The Morgan fingerprint density at radius 3 is 0.500 bits per heavy atom. The van der Waals surface area contributed by atoms with Gasteiger partial charge >= 0.3 is 0 Å². The first-order chi connectivity index (χ1) is 73.3. The van der Waals surface area contributed by atoms with E-state index in [4.69, 9.17) is 49.8 Å². The van der Waals surface area contributed by atoms with Crippen molar-refractivity contribution in [3.63, 3.8) is 0 Å². The molecule has 0 aliphatic carbocycles. The lowest BCUT2D eigenvalue weighted by Gasteiger charge is -2.13. The SMILES string of the molecule is c1ccc(-c2ccc3c(c2)c2cc(-c4ccc5c(c4)c4cc(-c6ccccc6)ccc4n5-c4nc(-c5ccccc5)cc(-c5cccc(-c6cccc(-c7nc(-c8ccccc8)nc(-n8c9ccc(-c%10ccccc%10)cc9c9cc(-c%10ccc%11c(c%10)c%10cc(-c%12ccccc%12)ccc%10n%11-c%10nc(-c%11ccccc%11)nc(-c%11ccccc%11)n%10)ccc98)n7)c6)c5)n4)ccc2n3-c2nc(-c3ccccc3)cc(-c3ccccc3)n2)cc1. The highest BCUT2D eigenvalue weighted by Gasteiger charge is 2.28. The standard InChI is InChI=1S/C134H84N14/c1-11-33-85(34-12-1)97-57-65-119-107(75-97)111-79-101(61-69-121(111)145(119)131-135-115(89-41-19-5-20-42-89)83-116(136-131)90-43-21-6-22-44-90)102-62-70-122-112(80-102)108-76-98(86-35-13-2-14-36-86)58-66-120(108)146(122)132-137-117(91-45-23-7-24-46-91)84-118(138-132)105-55-31-53-95(73-105)96-54-32-56-106(74-96)130-140-129(94-51-29-10-30-52-94)143-134(144-130)148-124-68-60-100(88-39-17-4-18-40-88)78-110(124)114-82-104(64-72-126(114)148)103-63-71-125-113(81-103)109-77-99(87-37-15-3-16-38-87)59-67-123(109)147(125)133-141-127(92-47-25-8-26-48-92)139-128(142-133)93-49-27-9-28-50-93/h1-84H. The Morgan fingerprint density at radius 1 is 0.101 bits per heavy atom. The fourth-order valence-corrected chi connectivity index (χ4v) is 21.3. The van der Waals surface area contributed by atoms with Gasteiger partial charge in [0.2, 0.25) is 23.8 Å². The molecule has 0 aliphatic rings. The number of fused-ring (bicyclic) bond motifs is 12. The van der Waals surface area contributed by atoms with Crippen molar-refractivity contribution in [2.45, 2.75) is 0 Å². The van der Waals surface area contributed by atoms with E-state index in [1.807, 2.05) is 97.1 Å². The first-order valence-electron chi connectivity index (χ1n) is 49.7. The summed E-state index contributed by atoms with van der Waals surface area (Å²) in [7, 11) is 0. The second kappa shape index (κ2) is 36.1. The van der Waals surface area contributed by atoms with E-state index < -0.39 is 0 Å². The molecule has 0 saturated carbocycles. The Balaban J connectivity index is 0.562. The second-order valence-electron chi connectivity index (χ2n) is 37.5. The number of hydrogen-bond acceptors (Lipinski definition) is 10. The zero-order valence-corrected chi connectivity index (χ0v) is 79.8. The van der Waals surface area contributed by atoms with Crippen LogP contribution < -0.4 is 0 Å².